The van der Waals surface area contributed by atoms with Crippen molar-refractivity contribution in [1.29, 1.82) is 0 Å². The van der Waals surface area contributed by atoms with Crippen LogP contribution in [0.25, 0.3) is 0 Å². The topological polar surface area (TPSA) is 73.6 Å². The van der Waals surface area contributed by atoms with Gasteiger partial charge in [-0.05, 0) is 18.7 Å². The Labute approximate surface area is 124 Å². The van der Waals surface area contributed by atoms with E-state index in [1.165, 1.54) is 13.2 Å². The van der Waals surface area contributed by atoms with Gasteiger partial charge in [-0.25, -0.2) is 0 Å². The molecule has 2 rings (SSSR count). The first kappa shape index (κ1) is 15.6. The summed E-state index contributed by atoms with van der Waals surface area (Å²) < 4.78 is 10.9. The molecule has 1 saturated carbocycles. The number of nitro groups is 1. The molecule has 1 N–H and O–H groups in total. The number of ether oxygens (including phenoxy) is 2. The van der Waals surface area contributed by atoms with E-state index in [9.17, 15) is 10.1 Å². The number of rotatable bonds is 6. The Bertz CT molecular complexity index is 530. The van der Waals surface area contributed by atoms with Gasteiger partial charge < -0.3 is 14.8 Å². The number of nitrogens with zero attached hydrogens (tertiary/aromatic N) is 1. The van der Waals surface area contributed by atoms with Crippen molar-refractivity contribution in [2.45, 2.75) is 39.3 Å². The highest BCUT2D eigenvalue weighted by Crippen LogP contribution is 2.43. The van der Waals surface area contributed by atoms with Crippen molar-refractivity contribution in [2.24, 2.45) is 5.41 Å². The summed E-state index contributed by atoms with van der Waals surface area (Å²) in [5, 5.41) is 14.5. The van der Waals surface area contributed by atoms with Gasteiger partial charge in [0.2, 0.25) is 0 Å². The van der Waals surface area contributed by atoms with E-state index in [1.807, 2.05) is 0 Å². The van der Waals surface area contributed by atoms with E-state index in [2.05, 4.69) is 26.1 Å². The summed E-state index contributed by atoms with van der Waals surface area (Å²) in [5.41, 5.74) is -0.0691. The predicted molar refractivity (Wildman–Crippen MR) is 79.9 cm³/mol. The molecule has 2 unspecified atom stereocenters. The highest BCUT2D eigenvalue weighted by molar-refractivity contribution is 5.51. The highest BCUT2D eigenvalue weighted by atomic mass is 16.6. The molecule has 0 radical (unpaired) electrons. The van der Waals surface area contributed by atoms with Crippen molar-refractivity contribution in [3.05, 3.63) is 28.3 Å². The summed E-state index contributed by atoms with van der Waals surface area (Å²) in [6.07, 6.45) is 0.954. The largest absolute Gasteiger partial charge is 0.490 e. The number of hydrogen-bond donors (Lipinski definition) is 1. The molecule has 116 valence electrons. The monoisotopic (exact) mass is 294 g/mol. The van der Waals surface area contributed by atoms with E-state index in [1.54, 1.807) is 12.1 Å². The average Bonchev–Trinajstić information content (AvgIpc) is 2.46. The third kappa shape index (κ3) is 2.95. The van der Waals surface area contributed by atoms with Gasteiger partial charge in [0.1, 0.15) is 11.9 Å². The standard InChI is InChI=1S/C15H22N2O4/c1-5-16-13-9-14(15(13,2)3)21-10-6-7-12(20-4)11(8-10)17(18)19/h6-8,13-14,16H,5,9H2,1-4H3. The van der Waals surface area contributed by atoms with E-state index < -0.39 is 4.92 Å². The van der Waals surface area contributed by atoms with Crippen LogP contribution < -0.4 is 14.8 Å². The molecule has 6 nitrogen and oxygen atoms in total. The van der Waals surface area contributed by atoms with Gasteiger partial charge in [-0.2, -0.15) is 0 Å². The molecule has 0 bridgehead atoms. The van der Waals surface area contributed by atoms with Crippen LogP contribution in [0.4, 0.5) is 5.69 Å². The van der Waals surface area contributed by atoms with Crippen LogP contribution >= 0.6 is 0 Å². The fourth-order valence-corrected chi connectivity index (χ4v) is 2.73. The third-order valence-electron chi connectivity index (χ3n) is 4.25. The van der Waals surface area contributed by atoms with Crippen molar-refractivity contribution in [2.75, 3.05) is 13.7 Å². The molecule has 1 aliphatic carbocycles. The molecule has 1 fully saturated rings. The third-order valence-corrected chi connectivity index (χ3v) is 4.25. The molecule has 1 aromatic rings. The summed E-state index contributed by atoms with van der Waals surface area (Å²) in [4.78, 5) is 10.6. The summed E-state index contributed by atoms with van der Waals surface area (Å²) in [6.45, 7) is 7.30. The number of benzene rings is 1. The lowest BCUT2D eigenvalue weighted by molar-refractivity contribution is -0.385. The minimum absolute atomic E-state index is 0.00468. The predicted octanol–water partition coefficient (Wildman–Crippen LogP) is 2.76. The Morgan fingerprint density at radius 1 is 1.48 bits per heavy atom. The molecule has 0 amide bonds. The highest BCUT2D eigenvalue weighted by Gasteiger charge is 2.49. The SMILES string of the molecule is CCNC1CC(Oc2ccc(OC)c([N+](=O)[O-])c2)C1(C)C. The smallest absolute Gasteiger partial charge is 0.314 e. The Balaban J connectivity index is 2.11. The second-order valence-corrected chi connectivity index (χ2v) is 5.86. The maximum atomic E-state index is 11.0. The van der Waals surface area contributed by atoms with Crippen LogP contribution in [-0.4, -0.2) is 30.7 Å². The second-order valence-electron chi connectivity index (χ2n) is 5.86. The van der Waals surface area contributed by atoms with E-state index in [0.717, 1.165) is 13.0 Å². The Morgan fingerprint density at radius 2 is 2.19 bits per heavy atom. The molecular formula is C15H22N2O4. The lowest BCUT2D eigenvalue weighted by Gasteiger charge is -2.51. The second kappa shape index (κ2) is 5.89. The van der Waals surface area contributed by atoms with Crippen LogP contribution in [0.3, 0.4) is 0 Å². The molecule has 1 aliphatic rings. The average molecular weight is 294 g/mol. The van der Waals surface area contributed by atoms with Gasteiger partial charge in [0.15, 0.2) is 5.75 Å². The molecule has 0 spiro atoms. The van der Waals surface area contributed by atoms with Crippen molar-refractivity contribution >= 4 is 5.69 Å². The van der Waals surface area contributed by atoms with Crippen LogP contribution in [0.15, 0.2) is 18.2 Å². The molecule has 1 aromatic carbocycles. The minimum atomic E-state index is -0.459. The van der Waals surface area contributed by atoms with Gasteiger partial charge in [0.05, 0.1) is 18.1 Å². The zero-order valence-electron chi connectivity index (χ0n) is 12.9. The first-order chi connectivity index (χ1) is 9.90. The molecule has 0 saturated heterocycles. The molecule has 2 atom stereocenters. The summed E-state index contributed by atoms with van der Waals surface area (Å²) in [5.74, 6) is 0.751. The van der Waals surface area contributed by atoms with Crippen molar-refractivity contribution in [3.63, 3.8) is 0 Å². The van der Waals surface area contributed by atoms with E-state index >= 15 is 0 Å². The van der Waals surface area contributed by atoms with E-state index in [-0.39, 0.29) is 23.0 Å². The maximum absolute atomic E-state index is 11.0. The minimum Gasteiger partial charge on any atom is -0.490 e. The summed E-state index contributed by atoms with van der Waals surface area (Å²) in [6, 6.07) is 5.12. The fourth-order valence-electron chi connectivity index (χ4n) is 2.73. The van der Waals surface area contributed by atoms with Gasteiger partial charge in [-0.15, -0.1) is 0 Å². The Kier molecular flexibility index (Phi) is 4.37. The number of methoxy groups -OCH3 is 1. The zero-order chi connectivity index (χ0) is 15.6. The number of hydrogen-bond acceptors (Lipinski definition) is 5. The van der Waals surface area contributed by atoms with Gasteiger partial charge in [0.25, 0.3) is 0 Å². The van der Waals surface area contributed by atoms with Gasteiger partial charge >= 0.3 is 5.69 Å². The normalized spacial score (nSPS) is 23.2. The number of nitro benzene ring substituents is 1. The first-order valence-electron chi connectivity index (χ1n) is 7.12. The summed E-state index contributed by atoms with van der Waals surface area (Å²) >= 11 is 0. The van der Waals surface area contributed by atoms with Crippen LogP contribution in [0, 0.1) is 15.5 Å². The Hall–Kier alpha value is -1.82. The van der Waals surface area contributed by atoms with Crippen LogP contribution in [0.1, 0.15) is 27.2 Å². The van der Waals surface area contributed by atoms with Crippen LogP contribution in [-0.2, 0) is 0 Å². The van der Waals surface area contributed by atoms with Gasteiger partial charge in [-0.3, -0.25) is 10.1 Å². The number of nitrogens with one attached hydrogen (secondary N) is 1. The first-order valence-corrected chi connectivity index (χ1v) is 7.12. The molecule has 0 aliphatic heterocycles. The molecule has 0 heterocycles. The van der Waals surface area contributed by atoms with Crippen molar-refractivity contribution < 1.29 is 14.4 Å². The van der Waals surface area contributed by atoms with Crippen molar-refractivity contribution in [3.8, 4) is 11.5 Å². The lowest BCUT2D eigenvalue weighted by atomic mass is 9.64. The zero-order valence-corrected chi connectivity index (χ0v) is 12.9. The molecule has 0 aromatic heterocycles. The quantitative estimate of drug-likeness (QED) is 0.645. The Morgan fingerprint density at radius 3 is 2.71 bits per heavy atom. The van der Waals surface area contributed by atoms with E-state index in [0.29, 0.717) is 11.8 Å². The van der Waals surface area contributed by atoms with Crippen LogP contribution in [0.5, 0.6) is 11.5 Å². The van der Waals surface area contributed by atoms with Crippen LogP contribution in [0.2, 0.25) is 0 Å². The van der Waals surface area contributed by atoms with Crippen molar-refractivity contribution in [1.82, 2.24) is 5.32 Å². The fraction of sp³-hybridized carbons (Fsp3) is 0.600. The lowest BCUT2D eigenvalue weighted by Crippen LogP contribution is -2.62. The molecule has 6 heteroatoms. The summed E-state index contributed by atoms with van der Waals surface area (Å²) in [7, 11) is 1.42. The van der Waals surface area contributed by atoms with Gasteiger partial charge in [0, 0.05) is 17.9 Å². The maximum Gasteiger partial charge on any atom is 0.314 e. The molecule has 21 heavy (non-hydrogen) atoms. The molecular weight excluding hydrogens is 272 g/mol. The van der Waals surface area contributed by atoms with E-state index in [4.69, 9.17) is 9.47 Å². The van der Waals surface area contributed by atoms with Gasteiger partial charge in [-0.1, -0.05) is 20.8 Å².